The first-order valence-corrected chi connectivity index (χ1v) is 9.61. The molecule has 0 bridgehead atoms. The van der Waals surface area contributed by atoms with Gasteiger partial charge in [-0.2, -0.15) is 13.2 Å². The van der Waals surface area contributed by atoms with E-state index in [1.54, 1.807) is 41.0 Å². The average Bonchev–Trinajstić information content (AvgIpc) is 3.10. The Morgan fingerprint density at radius 2 is 1.72 bits per heavy atom. The molecule has 0 radical (unpaired) electrons. The summed E-state index contributed by atoms with van der Waals surface area (Å²) in [6, 6.07) is 17.3. The molecule has 164 valence electrons. The summed E-state index contributed by atoms with van der Waals surface area (Å²) in [5, 5.41) is 9.82. The summed E-state index contributed by atoms with van der Waals surface area (Å²) in [7, 11) is 0. The first-order chi connectivity index (χ1) is 15.2. The molecular formula is C24H17F4NO3. The van der Waals surface area contributed by atoms with Crippen molar-refractivity contribution >= 4 is 16.9 Å². The van der Waals surface area contributed by atoms with Gasteiger partial charge in [0.15, 0.2) is 0 Å². The van der Waals surface area contributed by atoms with E-state index >= 15 is 0 Å². The lowest BCUT2D eigenvalue weighted by Gasteiger charge is -2.14. The monoisotopic (exact) mass is 443 g/mol. The average molecular weight is 443 g/mol. The topological polar surface area (TPSA) is 51.5 Å². The number of aromatic nitrogens is 1. The van der Waals surface area contributed by atoms with E-state index in [-0.39, 0.29) is 24.3 Å². The van der Waals surface area contributed by atoms with Gasteiger partial charge in [0, 0.05) is 16.5 Å². The van der Waals surface area contributed by atoms with Gasteiger partial charge >= 0.3 is 12.1 Å². The van der Waals surface area contributed by atoms with Gasteiger partial charge in [0.25, 0.3) is 0 Å². The van der Waals surface area contributed by atoms with E-state index in [9.17, 15) is 27.5 Å². The standard InChI is InChI=1S/C24H17F4NO3/c25-21-8-7-18(24(26,27)28)11-17(21)13-29-19(14-32-20-4-2-1-3-5-20)12-16-10-15(23(30)31)6-9-22(16)29/h1-12H,13-14H2,(H,30,31). The summed E-state index contributed by atoms with van der Waals surface area (Å²) in [5.41, 5.74) is 0.0957. The molecule has 4 rings (SSSR count). The maximum Gasteiger partial charge on any atom is 0.416 e. The van der Waals surface area contributed by atoms with Gasteiger partial charge < -0.3 is 14.4 Å². The van der Waals surface area contributed by atoms with Gasteiger partial charge in [0.05, 0.1) is 23.4 Å². The molecule has 4 aromatic rings. The zero-order chi connectivity index (χ0) is 22.9. The molecule has 1 aromatic heterocycles. The number of nitrogens with zero attached hydrogens (tertiary/aromatic N) is 1. The summed E-state index contributed by atoms with van der Waals surface area (Å²) in [5.74, 6) is -1.29. The van der Waals surface area contributed by atoms with E-state index in [1.165, 1.54) is 12.1 Å². The van der Waals surface area contributed by atoms with Crippen LogP contribution in [0.1, 0.15) is 27.2 Å². The predicted octanol–water partition coefficient (Wildman–Crippen LogP) is 6.12. The zero-order valence-corrected chi connectivity index (χ0v) is 16.6. The third kappa shape index (κ3) is 4.44. The highest BCUT2D eigenvalue weighted by atomic mass is 19.4. The number of fused-ring (bicyclic) bond motifs is 1. The van der Waals surface area contributed by atoms with Gasteiger partial charge in [-0.15, -0.1) is 0 Å². The molecule has 0 unspecified atom stereocenters. The Labute approximate surface area is 180 Å². The second-order valence-electron chi connectivity index (χ2n) is 7.21. The molecular weight excluding hydrogens is 426 g/mol. The van der Waals surface area contributed by atoms with Crippen molar-refractivity contribution in [2.45, 2.75) is 19.3 Å². The number of para-hydroxylation sites is 1. The molecule has 3 aromatic carbocycles. The van der Waals surface area contributed by atoms with E-state index in [0.29, 0.717) is 28.4 Å². The van der Waals surface area contributed by atoms with Crippen LogP contribution >= 0.6 is 0 Å². The maximum atomic E-state index is 14.4. The molecule has 1 N–H and O–H groups in total. The van der Waals surface area contributed by atoms with Crippen LogP contribution in [0.2, 0.25) is 0 Å². The molecule has 0 atom stereocenters. The quantitative estimate of drug-likeness (QED) is 0.365. The third-order valence-electron chi connectivity index (χ3n) is 5.07. The highest BCUT2D eigenvalue weighted by molar-refractivity contribution is 5.94. The number of hydrogen-bond donors (Lipinski definition) is 1. The first kappa shape index (κ1) is 21.4. The lowest BCUT2D eigenvalue weighted by molar-refractivity contribution is -0.137. The second-order valence-corrected chi connectivity index (χ2v) is 7.21. The Bertz CT molecular complexity index is 1280. The van der Waals surface area contributed by atoms with Crippen LogP contribution in [0, 0.1) is 5.82 Å². The van der Waals surface area contributed by atoms with E-state index in [1.807, 2.05) is 6.07 Å². The first-order valence-electron chi connectivity index (χ1n) is 9.61. The van der Waals surface area contributed by atoms with Crippen molar-refractivity contribution in [1.29, 1.82) is 0 Å². The number of aromatic carboxylic acids is 1. The van der Waals surface area contributed by atoms with Crippen molar-refractivity contribution < 1.29 is 32.2 Å². The van der Waals surface area contributed by atoms with Gasteiger partial charge in [-0.25, -0.2) is 9.18 Å². The number of ether oxygens (including phenoxy) is 1. The van der Waals surface area contributed by atoms with Gasteiger partial charge in [0.2, 0.25) is 0 Å². The Kier molecular flexibility index (Phi) is 5.61. The minimum atomic E-state index is -4.60. The molecule has 0 aliphatic heterocycles. The number of carboxylic acids is 1. The molecule has 32 heavy (non-hydrogen) atoms. The van der Waals surface area contributed by atoms with Crippen LogP contribution in [0.3, 0.4) is 0 Å². The number of benzene rings is 3. The number of hydrogen-bond acceptors (Lipinski definition) is 2. The second kappa shape index (κ2) is 8.37. The van der Waals surface area contributed by atoms with Crippen molar-refractivity contribution in [2.75, 3.05) is 0 Å². The van der Waals surface area contributed by atoms with Crippen molar-refractivity contribution in [1.82, 2.24) is 4.57 Å². The number of alkyl halides is 3. The van der Waals surface area contributed by atoms with Gasteiger partial charge in [-0.1, -0.05) is 18.2 Å². The smallest absolute Gasteiger partial charge is 0.416 e. The minimum Gasteiger partial charge on any atom is -0.487 e. The van der Waals surface area contributed by atoms with E-state index in [4.69, 9.17) is 4.74 Å². The molecule has 1 heterocycles. The molecule has 8 heteroatoms. The number of carboxylic acid groups (broad SMARTS) is 1. The van der Waals surface area contributed by atoms with Crippen LogP contribution in [0.4, 0.5) is 17.6 Å². The van der Waals surface area contributed by atoms with Crippen molar-refractivity contribution in [2.24, 2.45) is 0 Å². The highest BCUT2D eigenvalue weighted by Crippen LogP contribution is 2.31. The lowest BCUT2D eigenvalue weighted by Crippen LogP contribution is -2.11. The fourth-order valence-electron chi connectivity index (χ4n) is 3.48. The lowest BCUT2D eigenvalue weighted by atomic mass is 10.1. The van der Waals surface area contributed by atoms with Gasteiger partial charge in [-0.3, -0.25) is 0 Å². The number of carbonyl (C=O) groups is 1. The Hall–Kier alpha value is -3.81. The number of halogens is 4. The third-order valence-corrected chi connectivity index (χ3v) is 5.07. The SMILES string of the molecule is O=C(O)c1ccc2c(c1)cc(COc1ccccc1)n2Cc1cc(C(F)(F)F)ccc1F. The predicted molar refractivity (Wildman–Crippen MR) is 110 cm³/mol. The van der Waals surface area contributed by atoms with Crippen molar-refractivity contribution in [3.8, 4) is 5.75 Å². The molecule has 0 saturated heterocycles. The molecule has 0 aliphatic rings. The van der Waals surface area contributed by atoms with E-state index < -0.39 is 23.5 Å². The van der Waals surface area contributed by atoms with Crippen molar-refractivity contribution in [3.63, 3.8) is 0 Å². The van der Waals surface area contributed by atoms with Crippen molar-refractivity contribution in [3.05, 3.63) is 101 Å². The summed E-state index contributed by atoms with van der Waals surface area (Å²) in [6.07, 6.45) is -4.60. The molecule has 0 amide bonds. The van der Waals surface area contributed by atoms with Gasteiger partial charge in [0.1, 0.15) is 18.2 Å². The van der Waals surface area contributed by atoms with E-state index in [2.05, 4.69) is 0 Å². The van der Waals surface area contributed by atoms with Crippen LogP contribution < -0.4 is 4.74 Å². The summed E-state index contributed by atoms with van der Waals surface area (Å²) in [4.78, 5) is 11.3. The molecule has 0 spiro atoms. The maximum absolute atomic E-state index is 14.4. The number of rotatable bonds is 6. The Morgan fingerprint density at radius 1 is 0.969 bits per heavy atom. The Morgan fingerprint density at radius 3 is 2.41 bits per heavy atom. The summed E-state index contributed by atoms with van der Waals surface area (Å²) < 4.78 is 61.2. The fourth-order valence-corrected chi connectivity index (χ4v) is 3.48. The summed E-state index contributed by atoms with van der Waals surface area (Å²) in [6.45, 7) is -0.124. The van der Waals surface area contributed by atoms with Crippen LogP contribution in [-0.2, 0) is 19.3 Å². The van der Waals surface area contributed by atoms with Crippen LogP contribution in [0.25, 0.3) is 10.9 Å². The summed E-state index contributed by atoms with van der Waals surface area (Å²) >= 11 is 0. The Balaban J connectivity index is 1.77. The van der Waals surface area contributed by atoms with Gasteiger partial charge in [-0.05, 0) is 54.6 Å². The normalized spacial score (nSPS) is 11.6. The molecule has 4 nitrogen and oxygen atoms in total. The fraction of sp³-hybridized carbons (Fsp3) is 0.125. The van der Waals surface area contributed by atoms with Crippen LogP contribution in [0.5, 0.6) is 5.75 Å². The molecule has 0 aliphatic carbocycles. The van der Waals surface area contributed by atoms with Crippen LogP contribution in [-0.4, -0.2) is 15.6 Å². The minimum absolute atomic E-state index is 0.0572. The zero-order valence-electron chi connectivity index (χ0n) is 16.6. The van der Waals surface area contributed by atoms with E-state index in [0.717, 1.165) is 12.1 Å². The highest BCUT2D eigenvalue weighted by Gasteiger charge is 2.31. The largest absolute Gasteiger partial charge is 0.487 e. The molecule has 0 saturated carbocycles. The molecule has 0 fully saturated rings. The van der Waals surface area contributed by atoms with Crippen LogP contribution in [0.15, 0.2) is 72.8 Å².